The Bertz CT molecular complexity index is 1520. The van der Waals surface area contributed by atoms with Crippen molar-refractivity contribution in [3.63, 3.8) is 0 Å². The van der Waals surface area contributed by atoms with Gasteiger partial charge < -0.3 is 19.1 Å². The number of alkyl halides is 1. The molecule has 7 rings (SSSR count). The van der Waals surface area contributed by atoms with E-state index in [1.807, 2.05) is 30.6 Å². The van der Waals surface area contributed by atoms with Gasteiger partial charge in [0.25, 0.3) is 0 Å². The van der Waals surface area contributed by atoms with Crippen LogP contribution in [0.4, 0.5) is 19.4 Å². The number of rotatable bonds is 7. The second-order valence-electron chi connectivity index (χ2n) is 13.7. The van der Waals surface area contributed by atoms with Crippen LogP contribution in [-0.2, 0) is 9.47 Å². The van der Waals surface area contributed by atoms with Crippen LogP contribution in [0.1, 0.15) is 68.5 Å². The van der Waals surface area contributed by atoms with Gasteiger partial charge in [0.15, 0.2) is 11.0 Å². The van der Waals surface area contributed by atoms with Crippen molar-refractivity contribution in [1.82, 2.24) is 24.8 Å². The van der Waals surface area contributed by atoms with E-state index in [9.17, 15) is 9.18 Å². The number of amides is 1. The highest BCUT2D eigenvalue weighted by atomic mass is 35.5. The maximum atomic E-state index is 15.5. The average molecular weight is 623 g/mol. The lowest BCUT2D eigenvalue weighted by molar-refractivity contribution is -0.0366. The van der Waals surface area contributed by atoms with E-state index in [1.165, 1.54) is 6.20 Å². The van der Waals surface area contributed by atoms with Crippen molar-refractivity contribution in [3.8, 4) is 6.01 Å². The zero-order valence-electron chi connectivity index (χ0n) is 26.7. The van der Waals surface area contributed by atoms with Gasteiger partial charge in [0.05, 0.1) is 38.0 Å². The number of hydrogen-bond acceptors (Lipinski definition) is 9. The number of piperazine rings is 1. The van der Waals surface area contributed by atoms with Crippen LogP contribution < -0.4 is 9.64 Å². The second-order valence-corrected chi connectivity index (χ2v) is 14.1. The summed E-state index contributed by atoms with van der Waals surface area (Å²) in [6.45, 7) is 4.80. The third-order valence-corrected chi connectivity index (χ3v) is 9.54. The molecule has 0 radical (unpaired) electrons. The molecule has 1 amide bonds. The lowest BCUT2D eigenvalue weighted by Gasteiger charge is -2.49. The smallest absolute Gasteiger partial charge is 0.411 e. The first-order chi connectivity index (χ1) is 21.2. The maximum absolute atomic E-state index is 15.5. The largest absolute Gasteiger partial charge is 0.461 e. The number of halogens is 3. The van der Waals surface area contributed by atoms with Crippen molar-refractivity contribution in [2.24, 2.45) is 0 Å². The van der Waals surface area contributed by atoms with Gasteiger partial charge in [-0.05, 0) is 65.8 Å². The van der Waals surface area contributed by atoms with E-state index in [2.05, 4.69) is 15.0 Å². The molecular formula is C30H39ClF2N6O4. The van der Waals surface area contributed by atoms with Crippen LogP contribution in [0.5, 0.6) is 6.01 Å². The minimum Gasteiger partial charge on any atom is -0.461 e. The molecule has 1 saturated carbocycles. The Labute approximate surface area is 257 Å². The van der Waals surface area contributed by atoms with Crippen molar-refractivity contribution in [2.45, 2.75) is 101 Å². The number of hydrogen-bond donors (Lipinski definition) is 0. The molecule has 0 spiro atoms. The molecular weight excluding hydrogens is 582 g/mol. The molecule has 5 fully saturated rings. The summed E-state index contributed by atoms with van der Waals surface area (Å²) in [6, 6.07) is -0.620. The molecule has 13 heteroatoms. The molecule has 4 aliphatic heterocycles. The fourth-order valence-electron chi connectivity index (χ4n) is 7.27. The van der Waals surface area contributed by atoms with Gasteiger partial charge in [0, 0.05) is 32.3 Å². The summed E-state index contributed by atoms with van der Waals surface area (Å²) in [4.78, 5) is 32.1. The third-order valence-electron chi connectivity index (χ3n) is 9.27. The fraction of sp³-hybridized carbons (Fsp3) is 0.733. The maximum Gasteiger partial charge on any atom is 0.411 e. The molecule has 2 aromatic heterocycles. The van der Waals surface area contributed by atoms with Crippen molar-refractivity contribution >= 4 is 34.4 Å². The van der Waals surface area contributed by atoms with Gasteiger partial charge >= 0.3 is 12.1 Å². The van der Waals surface area contributed by atoms with Crippen LogP contribution in [0.3, 0.4) is 0 Å². The SMILES string of the molecule is [2H]C([2H])(Oc1nc(N2C[C@@H]3CC[C@](COC4CC4)(C2)N3C(=O)OC(C)(C)C)c2cnc(Cl)c(F)c2n1)[C@@]12CCCN1C[C@H](F)C2. The standard InChI is InChI=1S/C30H39ClF2N6O4/c1-28(2,3)43-27(40)39-19-7-9-30(39,17-41-20-5-6-20)15-37(14-19)25-21-12-34-24(31)22(33)23(21)35-26(36-25)42-16-29-8-4-10-38(29)13-18(32)11-29/h12,18-20H,4-11,13-17H2,1-3H3/t18-,19+,29+,30-/m1/s1/i16D2. The van der Waals surface area contributed by atoms with Crippen molar-refractivity contribution in [2.75, 3.05) is 44.2 Å². The molecule has 0 N–H and O–H groups in total. The zero-order chi connectivity index (χ0) is 31.9. The quantitative estimate of drug-likeness (QED) is 0.399. The van der Waals surface area contributed by atoms with Crippen LogP contribution >= 0.6 is 11.6 Å². The number of ether oxygens (including phenoxy) is 3. The molecule has 234 valence electrons. The normalized spacial score (nSPS) is 31.8. The number of pyridine rings is 1. The number of fused-ring (bicyclic) bond motifs is 4. The van der Waals surface area contributed by atoms with E-state index in [0.29, 0.717) is 51.9 Å². The Morgan fingerprint density at radius 1 is 1.21 bits per heavy atom. The van der Waals surface area contributed by atoms with E-state index in [-0.39, 0.29) is 53.0 Å². The minimum atomic E-state index is -2.36. The molecule has 4 saturated heterocycles. The number of carbonyl (C=O) groups excluding carboxylic acids is 1. The van der Waals surface area contributed by atoms with Gasteiger partial charge in [-0.3, -0.25) is 9.80 Å². The van der Waals surface area contributed by atoms with Gasteiger partial charge in [-0.2, -0.15) is 9.97 Å². The number of nitrogens with zero attached hydrogens (tertiary/aromatic N) is 6. The Balaban J connectivity index is 1.27. The number of aromatic nitrogens is 3. The van der Waals surface area contributed by atoms with E-state index in [0.717, 1.165) is 12.8 Å². The summed E-state index contributed by atoms with van der Waals surface area (Å²) in [6.07, 6.45) is 4.43. The van der Waals surface area contributed by atoms with Crippen molar-refractivity contribution in [3.05, 3.63) is 17.2 Å². The first-order valence-electron chi connectivity index (χ1n) is 16.2. The first-order valence-corrected chi connectivity index (χ1v) is 15.6. The predicted octanol–water partition coefficient (Wildman–Crippen LogP) is 4.91. The van der Waals surface area contributed by atoms with Gasteiger partial charge in [-0.25, -0.2) is 18.6 Å². The second kappa shape index (κ2) is 10.5. The molecule has 43 heavy (non-hydrogen) atoms. The van der Waals surface area contributed by atoms with E-state index in [1.54, 1.807) is 4.90 Å². The predicted molar refractivity (Wildman–Crippen MR) is 156 cm³/mol. The summed E-state index contributed by atoms with van der Waals surface area (Å²) in [5.41, 5.74) is -2.76. The Kier molecular flexibility index (Phi) is 6.55. The summed E-state index contributed by atoms with van der Waals surface area (Å²) in [5, 5.41) is -0.111. The van der Waals surface area contributed by atoms with Gasteiger partial charge in [-0.15, -0.1) is 0 Å². The number of anilines is 1. The lowest BCUT2D eigenvalue weighted by atomic mass is 9.95. The van der Waals surface area contributed by atoms with E-state index in [4.69, 9.17) is 28.6 Å². The molecule has 6 heterocycles. The number of carbonyl (C=O) groups is 1. The van der Waals surface area contributed by atoms with Crippen LogP contribution in [0.25, 0.3) is 10.9 Å². The third kappa shape index (κ3) is 5.37. The first kappa shape index (κ1) is 26.8. The summed E-state index contributed by atoms with van der Waals surface area (Å²) in [5.74, 6) is -0.591. The van der Waals surface area contributed by atoms with Crippen LogP contribution in [0.2, 0.25) is 5.15 Å². The Morgan fingerprint density at radius 2 is 2.02 bits per heavy atom. The van der Waals surface area contributed by atoms with Crippen LogP contribution in [0, 0.1) is 5.82 Å². The lowest BCUT2D eigenvalue weighted by Crippen LogP contribution is -2.66. The topological polar surface area (TPSA) is 93.2 Å². The molecule has 0 aromatic carbocycles. The van der Waals surface area contributed by atoms with Crippen LogP contribution in [-0.4, -0.2) is 105 Å². The zero-order valence-corrected chi connectivity index (χ0v) is 25.5. The highest BCUT2D eigenvalue weighted by Gasteiger charge is 2.56. The molecule has 2 aromatic rings. The summed E-state index contributed by atoms with van der Waals surface area (Å²) in [7, 11) is 0. The fourth-order valence-corrected chi connectivity index (χ4v) is 7.41. The van der Waals surface area contributed by atoms with E-state index >= 15 is 4.39 Å². The highest BCUT2D eigenvalue weighted by molar-refractivity contribution is 6.30. The Hall–Kier alpha value is -2.57. The average Bonchev–Trinajstić information content (AvgIpc) is 3.53. The minimum absolute atomic E-state index is 0.0115. The Morgan fingerprint density at radius 3 is 2.79 bits per heavy atom. The molecule has 0 unspecified atom stereocenters. The van der Waals surface area contributed by atoms with Gasteiger partial charge in [0.1, 0.15) is 29.7 Å². The van der Waals surface area contributed by atoms with Gasteiger partial charge in [0.2, 0.25) is 0 Å². The molecule has 5 aliphatic rings. The highest BCUT2D eigenvalue weighted by Crippen LogP contribution is 2.45. The van der Waals surface area contributed by atoms with E-state index < -0.39 is 41.3 Å². The van der Waals surface area contributed by atoms with Gasteiger partial charge in [-0.1, -0.05) is 11.6 Å². The van der Waals surface area contributed by atoms with Crippen molar-refractivity contribution in [1.29, 1.82) is 0 Å². The van der Waals surface area contributed by atoms with Crippen LogP contribution in [0.15, 0.2) is 6.20 Å². The summed E-state index contributed by atoms with van der Waals surface area (Å²) < 4.78 is 66.0. The van der Waals surface area contributed by atoms with Crippen molar-refractivity contribution < 1.29 is 30.5 Å². The monoisotopic (exact) mass is 622 g/mol. The molecule has 2 bridgehead atoms. The summed E-state index contributed by atoms with van der Waals surface area (Å²) >= 11 is 6.07. The molecule has 4 atom stereocenters. The molecule has 10 nitrogen and oxygen atoms in total. The molecule has 1 aliphatic carbocycles.